The minimum Gasteiger partial charge on any atom is -0.392 e. The molecule has 0 aromatic heterocycles. The fourth-order valence-electron chi connectivity index (χ4n) is 5.57. The van der Waals surface area contributed by atoms with Crippen LogP contribution in [0.5, 0.6) is 0 Å². The number of carbonyl (C=O) groups is 1. The van der Waals surface area contributed by atoms with Crippen molar-refractivity contribution in [1.82, 2.24) is 10.2 Å². The smallest absolute Gasteiger partial charge is 0.272 e. The molecule has 0 saturated carbocycles. The van der Waals surface area contributed by atoms with Crippen LogP contribution in [-0.2, 0) is 27.4 Å². The lowest BCUT2D eigenvalue weighted by Crippen LogP contribution is -2.44. The van der Waals surface area contributed by atoms with Crippen molar-refractivity contribution in [3.8, 4) is 11.1 Å². The van der Waals surface area contributed by atoms with Crippen LogP contribution >= 0.6 is 34.8 Å². The van der Waals surface area contributed by atoms with Crippen molar-refractivity contribution in [2.75, 3.05) is 19.6 Å². The number of halogens is 3. The molecule has 7 nitrogen and oxygen atoms in total. The zero-order valence-electron chi connectivity index (χ0n) is 23.3. The fourth-order valence-corrected chi connectivity index (χ4v) is 5.77. The Labute approximate surface area is 261 Å². The Balaban J connectivity index is 1.38. The number of ether oxygens (including phenoxy) is 2. The minimum atomic E-state index is -2.02. The van der Waals surface area contributed by atoms with Crippen molar-refractivity contribution < 1.29 is 24.5 Å². The van der Waals surface area contributed by atoms with E-state index in [0.29, 0.717) is 13.1 Å². The van der Waals surface area contributed by atoms with Crippen LogP contribution in [0.25, 0.3) is 11.1 Å². The van der Waals surface area contributed by atoms with Crippen LogP contribution in [0.1, 0.15) is 48.0 Å². The predicted molar refractivity (Wildman–Crippen MR) is 164 cm³/mol. The molecule has 0 bridgehead atoms. The molecule has 2 heterocycles. The maximum Gasteiger partial charge on any atom is 0.272 e. The summed E-state index contributed by atoms with van der Waals surface area (Å²) < 4.78 is 11.2. The van der Waals surface area contributed by atoms with E-state index < -0.39 is 16.0 Å². The first kappa shape index (κ1) is 31.2. The Morgan fingerprint density at radius 1 is 0.976 bits per heavy atom. The molecule has 224 valence electrons. The van der Waals surface area contributed by atoms with Gasteiger partial charge in [-0.25, -0.2) is 0 Å². The van der Waals surface area contributed by atoms with Gasteiger partial charge < -0.3 is 25.0 Å². The normalized spacial score (nSPS) is 25.0. The number of β-amino-alcohol motifs (C(OH)–C–C–N with tert-alkyl or cyclic N) is 1. The molecule has 0 unspecified atom stereocenters. The first-order valence-corrected chi connectivity index (χ1v) is 15.2. The Kier molecular flexibility index (Phi) is 10.1. The highest BCUT2D eigenvalue weighted by molar-refractivity contribution is 6.76. The summed E-state index contributed by atoms with van der Waals surface area (Å²) in [7, 11) is 0. The zero-order chi connectivity index (χ0) is 29.9. The number of amides is 1. The Morgan fingerprint density at radius 3 is 2.36 bits per heavy atom. The summed E-state index contributed by atoms with van der Waals surface area (Å²) >= 11 is 17.0. The van der Waals surface area contributed by atoms with E-state index in [9.17, 15) is 15.0 Å². The fraction of sp³-hybridized carbons (Fsp3) is 0.406. The maximum atomic E-state index is 12.0. The average molecular weight is 634 g/mol. The van der Waals surface area contributed by atoms with E-state index in [1.807, 2.05) is 66.7 Å². The number of nitrogens with zero attached hydrogens (tertiary/aromatic N) is 1. The van der Waals surface area contributed by atoms with Crippen molar-refractivity contribution >= 4 is 40.7 Å². The Hall–Kier alpha value is -2.20. The van der Waals surface area contributed by atoms with Crippen LogP contribution in [0.4, 0.5) is 0 Å². The third kappa shape index (κ3) is 7.65. The molecule has 0 radical (unpaired) electrons. The third-order valence-corrected chi connectivity index (χ3v) is 8.45. The van der Waals surface area contributed by atoms with Gasteiger partial charge in [0.25, 0.3) is 9.70 Å². The molecule has 0 spiro atoms. The van der Waals surface area contributed by atoms with Crippen molar-refractivity contribution in [3.05, 3.63) is 95.1 Å². The number of alkyl halides is 3. The van der Waals surface area contributed by atoms with Crippen LogP contribution in [0.3, 0.4) is 0 Å². The Morgan fingerprint density at radius 2 is 1.69 bits per heavy atom. The van der Waals surface area contributed by atoms with E-state index in [0.717, 1.165) is 46.3 Å². The second-order valence-electron chi connectivity index (χ2n) is 11.0. The van der Waals surface area contributed by atoms with Crippen LogP contribution < -0.4 is 5.32 Å². The summed E-state index contributed by atoms with van der Waals surface area (Å²) in [4.78, 5) is 14.2. The minimum absolute atomic E-state index is 0.0136. The molecule has 10 heteroatoms. The largest absolute Gasteiger partial charge is 0.392 e. The molecule has 3 aromatic rings. The van der Waals surface area contributed by atoms with Gasteiger partial charge in [-0.05, 0) is 46.4 Å². The number of aliphatic hydroxyl groups is 2. The lowest BCUT2D eigenvalue weighted by atomic mass is 9.90. The predicted octanol–water partition coefficient (Wildman–Crippen LogP) is 5.69. The first-order valence-electron chi connectivity index (χ1n) is 14.1. The molecular weight excluding hydrogens is 599 g/mol. The van der Waals surface area contributed by atoms with Gasteiger partial charge in [0.05, 0.1) is 24.9 Å². The first-order chi connectivity index (χ1) is 20.1. The molecule has 1 amide bonds. The number of hydrogen-bond acceptors (Lipinski definition) is 6. The molecule has 2 aliphatic rings. The Bertz CT molecular complexity index is 1370. The average Bonchev–Trinajstić information content (AvgIpc) is 3.41. The molecule has 0 aliphatic carbocycles. The second kappa shape index (κ2) is 13.6. The number of nitrogens with one attached hydrogen (secondary N) is 1. The van der Waals surface area contributed by atoms with Gasteiger partial charge in [-0.2, -0.15) is 0 Å². The summed E-state index contributed by atoms with van der Waals surface area (Å²) in [6.07, 6.45) is -0.482. The molecule has 2 aliphatic heterocycles. The van der Waals surface area contributed by atoms with E-state index in [1.54, 1.807) is 0 Å². The van der Waals surface area contributed by atoms with Gasteiger partial charge in [-0.15, -0.1) is 0 Å². The standard InChI is InChI=1S/C32H35Cl3N2O5/c1-20-28(18-37-13-12-27(39)17-37)41-30(42-29(20)23-10-8-21(19-38)9-11-23)26-7-3-6-25(15-26)24-5-2-4-22(14-24)16-36-31(40)32(33,34)35/h2-11,14-15,20,27-30,38-39H,12-13,16-19H2,1H3,(H,36,40)/t20-,27-,28+,29+,30+/m0/s1. The lowest BCUT2D eigenvalue weighted by molar-refractivity contribution is -0.276. The van der Waals surface area contributed by atoms with Gasteiger partial charge in [0, 0.05) is 37.7 Å². The van der Waals surface area contributed by atoms with Crippen LogP contribution in [-0.4, -0.2) is 56.7 Å². The highest BCUT2D eigenvalue weighted by Crippen LogP contribution is 2.42. The van der Waals surface area contributed by atoms with Crippen LogP contribution in [0.15, 0.2) is 72.8 Å². The maximum absolute atomic E-state index is 12.0. The summed E-state index contributed by atoms with van der Waals surface area (Å²) in [5.41, 5.74) is 5.55. The van der Waals surface area contributed by atoms with Crippen molar-refractivity contribution in [2.24, 2.45) is 5.92 Å². The molecule has 5 atom stereocenters. The molecule has 2 fully saturated rings. The number of carbonyl (C=O) groups excluding carboxylic acids is 1. The number of hydrogen-bond donors (Lipinski definition) is 3. The number of rotatable bonds is 8. The van der Waals surface area contributed by atoms with E-state index in [2.05, 4.69) is 23.2 Å². The summed E-state index contributed by atoms with van der Waals surface area (Å²) in [6, 6.07) is 23.7. The quantitative estimate of drug-likeness (QED) is 0.276. The zero-order valence-corrected chi connectivity index (χ0v) is 25.5. The summed E-state index contributed by atoms with van der Waals surface area (Å²) in [5.74, 6) is -0.624. The molecule has 5 rings (SSSR count). The van der Waals surface area contributed by atoms with E-state index in [-0.39, 0.29) is 37.4 Å². The summed E-state index contributed by atoms with van der Waals surface area (Å²) in [6.45, 7) is 4.52. The monoisotopic (exact) mass is 632 g/mol. The van der Waals surface area contributed by atoms with E-state index in [1.165, 1.54) is 0 Å². The van der Waals surface area contributed by atoms with Gasteiger partial charge in [0.15, 0.2) is 6.29 Å². The summed E-state index contributed by atoms with van der Waals surface area (Å²) in [5, 5.41) is 22.3. The molecule has 3 N–H and O–H groups in total. The molecular formula is C32H35Cl3N2O5. The van der Waals surface area contributed by atoms with Gasteiger partial charge in [0.2, 0.25) is 0 Å². The van der Waals surface area contributed by atoms with Gasteiger partial charge in [0.1, 0.15) is 0 Å². The van der Waals surface area contributed by atoms with Crippen molar-refractivity contribution in [2.45, 2.75) is 54.9 Å². The third-order valence-electron chi connectivity index (χ3n) is 7.94. The van der Waals surface area contributed by atoms with Gasteiger partial charge in [-0.1, -0.05) is 102 Å². The highest BCUT2D eigenvalue weighted by atomic mass is 35.6. The van der Waals surface area contributed by atoms with Gasteiger partial charge in [-0.3, -0.25) is 9.69 Å². The molecule has 2 saturated heterocycles. The van der Waals surface area contributed by atoms with E-state index >= 15 is 0 Å². The number of likely N-dealkylation sites (tertiary alicyclic amines) is 1. The van der Waals surface area contributed by atoms with Gasteiger partial charge >= 0.3 is 0 Å². The number of benzene rings is 3. The van der Waals surface area contributed by atoms with Crippen molar-refractivity contribution in [3.63, 3.8) is 0 Å². The second-order valence-corrected chi connectivity index (χ2v) is 13.3. The topological polar surface area (TPSA) is 91.3 Å². The highest BCUT2D eigenvalue weighted by Gasteiger charge is 2.40. The van der Waals surface area contributed by atoms with Crippen LogP contribution in [0, 0.1) is 5.92 Å². The lowest BCUT2D eigenvalue weighted by Gasteiger charge is -2.42. The SMILES string of the molecule is C[C@H]1[C@@H](CN2CC[C@H](O)C2)O[C@@H](c2cccc(-c3cccc(CNC(=O)C(Cl)(Cl)Cl)c3)c2)O[C@H]1c1ccc(CO)cc1. The van der Waals surface area contributed by atoms with Crippen LogP contribution in [0.2, 0.25) is 0 Å². The van der Waals surface area contributed by atoms with Crippen molar-refractivity contribution in [1.29, 1.82) is 0 Å². The molecule has 3 aromatic carbocycles. The molecule has 42 heavy (non-hydrogen) atoms. The number of aliphatic hydroxyl groups excluding tert-OH is 2. The van der Waals surface area contributed by atoms with E-state index in [4.69, 9.17) is 44.3 Å².